The summed E-state index contributed by atoms with van der Waals surface area (Å²) < 4.78 is 5.23. The van der Waals surface area contributed by atoms with Gasteiger partial charge in [-0.1, -0.05) is 11.3 Å². The molecule has 9 heteroatoms. The summed E-state index contributed by atoms with van der Waals surface area (Å²) in [5.74, 6) is -1.60. The van der Waals surface area contributed by atoms with Crippen LogP contribution in [0.4, 0.5) is 5.00 Å². The van der Waals surface area contributed by atoms with Gasteiger partial charge in [0, 0.05) is 11.1 Å². The molecule has 0 atom stereocenters. The highest BCUT2D eigenvalue weighted by Gasteiger charge is 2.19. The molecule has 0 radical (unpaired) electrons. The standard InChI is InChI=1S/C11H11N3O4S2/c1-5-4-19-11(18)14(5)3-7(15)12-9-8(10(16)17)6(2)13-20-9/h4H,3H2,1-2H3,(H,12,15)(H,16,17). The Kier molecular flexibility index (Phi) is 4.00. The second-order valence-electron chi connectivity index (χ2n) is 4.05. The van der Waals surface area contributed by atoms with Crippen molar-refractivity contribution in [1.82, 2.24) is 8.94 Å². The van der Waals surface area contributed by atoms with E-state index in [0.29, 0.717) is 11.4 Å². The number of hydrogen-bond acceptors (Lipinski definition) is 6. The van der Waals surface area contributed by atoms with Crippen LogP contribution in [0.15, 0.2) is 10.2 Å². The molecule has 1 amide bonds. The summed E-state index contributed by atoms with van der Waals surface area (Å²) >= 11 is 1.92. The number of carbonyl (C=O) groups excluding carboxylic acids is 1. The van der Waals surface area contributed by atoms with Crippen molar-refractivity contribution in [3.8, 4) is 0 Å². The molecule has 0 saturated carbocycles. The number of rotatable bonds is 4. The number of carbonyl (C=O) groups is 2. The lowest BCUT2D eigenvalue weighted by molar-refractivity contribution is -0.116. The topological polar surface area (TPSA) is 101 Å². The summed E-state index contributed by atoms with van der Waals surface area (Å²) in [6.45, 7) is 3.14. The molecule has 2 aromatic heterocycles. The monoisotopic (exact) mass is 313 g/mol. The minimum Gasteiger partial charge on any atom is -0.478 e. The molecule has 0 aliphatic heterocycles. The molecule has 2 N–H and O–H groups in total. The van der Waals surface area contributed by atoms with Crippen molar-refractivity contribution in [2.45, 2.75) is 20.4 Å². The zero-order valence-electron chi connectivity index (χ0n) is 10.7. The maximum absolute atomic E-state index is 11.9. The molecule has 0 fully saturated rings. The summed E-state index contributed by atoms with van der Waals surface area (Å²) in [5, 5.41) is 13.4. The SMILES string of the molecule is Cc1nsc(NC(=O)Cn2c(C)csc2=O)c1C(=O)O. The van der Waals surface area contributed by atoms with E-state index in [0.717, 1.165) is 22.9 Å². The van der Waals surface area contributed by atoms with Crippen LogP contribution in [0.2, 0.25) is 0 Å². The van der Waals surface area contributed by atoms with Crippen LogP contribution in [-0.2, 0) is 11.3 Å². The van der Waals surface area contributed by atoms with Crippen LogP contribution >= 0.6 is 22.9 Å². The predicted octanol–water partition coefficient (Wildman–Crippen LogP) is 1.32. The molecule has 0 spiro atoms. The minimum atomic E-state index is -1.14. The number of hydrogen-bond donors (Lipinski definition) is 2. The van der Waals surface area contributed by atoms with Gasteiger partial charge in [-0.2, -0.15) is 4.37 Å². The number of thiazole rings is 1. The fourth-order valence-electron chi connectivity index (χ4n) is 1.61. The van der Waals surface area contributed by atoms with Crippen molar-refractivity contribution >= 4 is 39.7 Å². The highest BCUT2D eigenvalue weighted by Crippen LogP contribution is 2.24. The predicted molar refractivity (Wildman–Crippen MR) is 75.8 cm³/mol. The summed E-state index contributed by atoms with van der Waals surface area (Å²) in [5.41, 5.74) is 1.02. The second-order valence-corrected chi connectivity index (χ2v) is 5.65. The Labute approximate surface area is 121 Å². The first-order valence-corrected chi connectivity index (χ1v) is 7.19. The molecule has 7 nitrogen and oxygen atoms in total. The second kappa shape index (κ2) is 5.55. The highest BCUT2D eigenvalue weighted by atomic mass is 32.1. The number of anilines is 1. The van der Waals surface area contributed by atoms with Gasteiger partial charge in [-0.05, 0) is 25.4 Å². The molecule has 0 bridgehead atoms. The van der Waals surface area contributed by atoms with Crippen LogP contribution in [0.5, 0.6) is 0 Å². The van der Waals surface area contributed by atoms with E-state index in [4.69, 9.17) is 5.11 Å². The first kappa shape index (κ1) is 14.4. The van der Waals surface area contributed by atoms with Gasteiger partial charge >= 0.3 is 10.8 Å². The van der Waals surface area contributed by atoms with Crippen LogP contribution in [0.3, 0.4) is 0 Å². The molecule has 0 unspecified atom stereocenters. The van der Waals surface area contributed by atoms with E-state index >= 15 is 0 Å². The summed E-state index contributed by atoms with van der Waals surface area (Å²) in [4.78, 5) is 34.2. The maximum atomic E-state index is 11.9. The number of aromatic carboxylic acids is 1. The number of carboxylic acids is 1. The number of aryl methyl sites for hydroxylation is 2. The highest BCUT2D eigenvalue weighted by molar-refractivity contribution is 7.11. The van der Waals surface area contributed by atoms with Crippen molar-refractivity contribution in [3.63, 3.8) is 0 Å². The van der Waals surface area contributed by atoms with Crippen LogP contribution in [0.25, 0.3) is 0 Å². The third-order valence-corrected chi connectivity index (χ3v) is 4.34. The molecule has 2 rings (SSSR count). The largest absolute Gasteiger partial charge is 0.478 e. The van der Waals surface area contributed by atoms with Crippen molar-refractivity contribution < 1.29 is 14.7 Å². The van der Waals surface area contributed by atoms with Crippen molar-refractivity contribution in [2.24, 2.45) is 0 Å². The number of nitrogens with one attached hydrogen (secondary N) is 1. The molecule has 2 aromatic rings. The van der Waals surface area contributed by atoms with Gasteiger partial charge in [0.15, 0.2) is 0 Å². The number of aromatic nitrogens is 2. The lowest BCUT2D eigenvalue weighted by Gasteiger charge is -2.05. The van der Waals surface area contributed by atoms with Gasteiger partial charge in [-0.15, -0.1) is 0 Å². The molecule has 0 saturated heterocycles. The summed E-state index contributed by atoms with van der Waals surface area (Å²) in [7, 11) is 0. The van der Waals surface area contributed by atoms with E-state index < -0.39 is 11.9 Å². The van der Waals surface area contributed by atoms with Gasteiger partial charge in [-0.25, -0.2) is 4.79 Å². The first-order valence-electron chi connectivity index (χ1n) is 5.54. The Hall–Kier alpha value is -2.00. The molecule has 0 aromatic carbocycles. The zero-order valence-corrected chi connectivity index (χ0v) is 12.3. The first-order chi connectivity index (χ1) is 9.40. The van der Waals surface area contributed by atoms with Gasteiger partial charge < -0.3 is 10.4 Å². The van der Waals surface area contributed by atoms with Gasteiger partial charge in [0.05, 0.1) is 5.69 Å². The van der Waals surface area contributed by atoms with Crippen molar-refractivity contribution in [1.29, 1.82) is 0 Å². The van der Waals surface area contributed by atoms with Crippen LogP contribution in [-0.4, -0.2) is 25.9 Å². The molecule has 0 aliphatic carbocycles. The molecule has 0 aliphatic rings. The van der Waals surface area contributed by atoms with Crippen LogP contribution in [0.1, 0.15) is 21.7 Å². The Bertz CT molecular complexity index is 728. The lowest BCUT2D eigenvalue weighted by atomic mass is 10.2. The van der Waals surface area contributed by atoms with Crippen LogP contribution in [0, 0.1) is 13.8 Å². The molecule has 2 heterocycles. The quantitative estimate of drug-likeness (QED) is 0.886. The normalized spacial score (nSPS) is 10.5. The number of nitrogens with zero attached hydrogens (tertiary/aromatic N) is 2. The van der Waals surface area contributed by atoms with Gasteiger partial charge in [0.2, 0.25) is 5.91 Å². The van der Waals surface area contributed by atoms with Gasteiger partial charge in [-0.3, -0.25) is 14.2 Å². The van der Waals surface area contributed by atoms with E-state index in [1.807, 2.05) is 0 Å². The van der Waals surface area contributed by atoms with Crippen molar-refractivity contribution in [2.75, 3.05) is 5.32 Å². The average molecular weight is 313 g/mol. The maximum Gasteiger partial charge on any atom is 0.340 e. The number of amides is 1. The van der Waals surface area contributed by atoms with E-state index in [2.05, 4.69) is 9.69 Å². The van der Waals surface area contributed by atoms with E-state index in [-0.39, 0.29) is 22.0 Å². The lowest BCUT2D eigenvalue weighted by Crippen LogP contribution is -2.25. The summed E-state index contributed by atoms with van der Waals surface area (Å²) in [6, 6.07) is 0. The molecular weight excluding hydrogens is 302 g/mol. The molecular formula is C11H11N3O4S2. The van der Waals surface area contributed by atoms with Crippen LogP contribution < -0.4 is 10.2 Å². The average Bonchev–Trinajstić information content (AvgIpc) is 2.87. The van der Waals surface area contributed by atoms with Gasteiger partial charge in [0.25, 0.3) is 0 Å². The Balaban J connectivity index is 2.17. The van der Waals surface area contributed by atoms with Crippen molar-refractivity contribution in [3.05, 3.63) is 32.0 Å². The zero-order chi connectivity index (χ0) is 14.9. The Morgan fingerprint density at radius 3 is 2.70 bits per heavy atom. The number of carboxylic acid groups (broad SMARTS) is 1. The molecule has 106 valence electrons. The van der Waals surface area contributed by atoms with E-state index in [9.17, 15) is 14.4 Å². The summed E-state index contributed by atoms with van der Waals surface area (Å²) in [6.07, 6.45) is 0. The Morgan fingerprint density at radius 2 is 2.15 bits per heavy atom. The molecule has 20 heavy (non-hydrogen) atoms. The fraction of sp³-hybridized carbons (Fsp3) is 0.273. The minimum absolute atomic E-state index is 0.0160. The third-order valence-electron chi connectivity index (χ3n) is 2.61. The van der Waals surface area contributed by atoms with E-state index in [1.165, 1.54) is 4.57 Å². The van der Waals surface area contributed by atoms with Gasteiger partial charge in [0.1, 0.15) is 17.1 Å². The fourth-order valence-corrected chi connectivity index (χ4v) is 3.15. The van der Waals surface area contributed by atoms with E-state index in [1.54, 1.807) is 19.2 Å². The Morgan fingerprint density at radius 1 is 1.45 bits per heavy atom. The third kappa shape index (κ3) is 2.78. The smallest absolute Gasteiger partial charge is 0.340 e.